The van der Waals surface area contributed by atoms with E-state index in [1.54, 1.807) is 12.1 Å². The number of rotatable bonds is 6. The average molecular weight is 402 g/mol. The standard InChI is InChI=1S/C24H23FN4O/c1-17-6-10-19(11-7-17)23-28-21-4-2-3-5-22(21)29(23)15-14-26-24(30)27-16-18-8-12-20(25)13-9-18/h2-13H,14-16H2,1H3,(H2,26,27,30). The highest BCUT2D eigenvalue weighted by molar-refractivity contribution is 5.80. The van der Waals surface area contributed by atoms with Crippen LogP contribution in [0.4, 0.5) is 9.18 Å². The lowest BCUT2D eigenvalue weighted by molar-refractivity contribution is 0.240. The molecule has 6 heteroatoms. The van der Waals surface area contributed by atoms with Crippen molar-refractivity contribution in [1.82, 2.24) is 20.2 Å². The number of hydrogen-bond donors (Lipinski definition) is 2. The fraction of sp³-hybridized carbons (Fsp3) is 0.167. The van der Waals surface area contributed by atoms with Gasteiger partial charge >= 0.3 is 6.03 Å². The van der Waals surface area contributed by atoms with Crippen molar-refractivity contribution in [3.63, 3.8) is 0 Å². The van der Waals surface area contributed by atoms with Crippen molar-refractivity contribution in [3.8, 4) is 11.4 Å². The van der Waals surface area contributed by atoms with Crippen LogP contribution in [0.1, 0.15) is 11.1 Å². The van der Waals surface area contributed by atoms with Crippen molar-refractivity contribution in [1.29, 1.82) is 0 Å². The highest BCUT2D eigenvalue weighted by Crippen LogP contribution is 2.24. The monoisotopic (exact) mass is 402 g/mol. The Kier molecular flexibility index (Phi) is 5.75. The molecule has 30 heavy (non-hydrogen) atoms. The Labute approximate surface area is 174 Å². The Bertz CT molecular complexity index is 1150. The predicted molar refractivity (Wildman–Crippen MR) is 117 cm³/mol. The molecule has 1 aromatic heterocycles. The van der Waals surface area contributed by atoms with Gasteiger partial charge in [0.15, 0.2) is 0 Å². The summed E-state index contributed by atoms with van der Waals surface area (Å²) in [4.78, 5) is 16.9. The number of aromatic nitrogens is 2. The number of nitrogens with zero attached hydrogens (tertiary/aromatic N) is 2. The number of aryl methyl sites for hydroxylation is 1. The van der Waals surface area contributed by atoms with E-state index in [1.807, 2.05) is 24.3 Å². The van der Waals surface area contributed by atoms with Gasteiger partial charge in [0.25, 0.3) is 0 Å². The van der Waals surface area contributed by atoms with Crippen LogP contribution in [0.5, 0.6) is 0 Å². The van der Waals surface area contributed by atoms with Crippen LogP contribution in [0, 0.1) is 12.7 Å². The fourth-order valence-electron chi connectivity index (χ4n) is 3.35. The fourth-order valence-corrected chi connectivity index (χ4v) is 3.35. The molecule has 0 radical (unpaired) electrons. The second kappa shape index (κ2) is 8.78. The van der Waals surface area contributed by atoms with E-state index < -0.39 is 0 Å². The molecule has 152 valence electrons. The maximum Gasteiger partial charge on any atom is 0.315 e. The minimum absolute atomic E-state index is 0.263. The van der Waals surface area contributed by atoms with E-state index in [2.05, 4.69) is 46.4 Å². The molecule has 0 aliphatic heterocycles. The molecule has 0 bridgehead atoms. The molecule has 4 aromatic rings. The summed E-state index contributed by atoms with van der Waals surface area (Å²) in [6.45, 7) is 3.44. The molecule has 2 N–H and O–H groups in total. The Morgan fingerprint density at radius 2 is 1.70 bits per heavy atom. The van der Waals surface area contributed by atoms with E-state index >= 15 is 0 Å². The lowest BCUT2D eigenvalue weighted by Crippen LogP contribution is -2.36. The molecule has 1 heterocycles. The molecule has 0 aliphatic rings. The summed E-state index contributed by atoms with van der Waals surface area (Å²) >= 11 is 0. The van der Waals surface area contributed by atoms with Crippen LogP contribution in [0.3, 0.4) is 0 Å². The minimum Gasteiger partial charge on any atom is -0.336 e. The van der Waals surface area contributed by atoms with Crippen LogP contribution in [-0.4, -0.2) is 22.1 Å². The first kappa shape index (κ1) is 19.6. The van der Waals surface area contributed by atoms with Crippen LogP contribution >= 0.6 is 0 Å². The van der Waals surface area contributed by atoms with Gasteiger partial charge in [0, 0.05) is 25.2 Å². The maximum absolute atomic E-state index is 13.0. The zero-order valence-electron chi connectivity index (χ0n) is 16.7. The molecular weight excluding hydrogens is 379 g/mol. The second-order valence-electron chi connectivity index (χ2n) is 7.18. The number of urea groups is 1. The summed E-state index contributed by atoms with van der Waals surface area (Å²) in [7, 11) is 0. The minimum atomic E-state index is -0.292. The van der Waals surface area contributed by atoms with Crippen LogP contribution in [0.2, 0.25) is 0 Å². The molecule has 2 amide bonds. The number of imidazole rings is 1. The summed E-state index contributed by atoms with van der Waals surface area (Å²) in [6.07, 6.45) is 0. The Morgan fingerprint density at radius 3 is 2.47 bits per heavy atom. The number of fused-ring (bicyclic) bond motifs is 1. The molecule has 0 saturated heterocycles. The lowest BCUT2D eigenvalue weighted by Gasteiger charge is -2.12. The number of carbonyl (C=O) groups is 1. The summed E-state index contributed by atoms with van der Waals surface area (Å²) < 4.78 is 15.1. The quantitative estimate of drug-likeness (QED) is 0.493. The number of amides is 2. The Morgan fingerprint density at radius 1 is 0.967 bits per heavy atom. The topological polar surface area (TPSA) is 59.0 Å². The van der Waals surface area contributed by atoms with Gasteiger partial charge in [-0.25, -0.2) is 14.2 Å². The van der Waals surface area contributed by atoms with Crippen molar-refractivity contribution in [3.05, 3.63) is 89.7 Å². The van der Waals surface area contributed by atoms with Gasteiger partial charge in [0.05, 0.1) is 11.0 Å². The van der Waals surface area contributed by atoms with Gasteiger partial charge in [0.2, 0.25) is 0 Å². The van der Waals surface area contributed by atoms with Crippen LogP contribution in [0.25, 0.3) is 22.4 Å². The van der Waals surface area contributed by atoms with Crippen LogP contribution in [-0.2, 0) is 13.1 Å². The molecule has 0 fully saturated rings. The molecule has 0 aliphatic carbocycles. The first-order chi connectivity index (χ1) is 14.6. The summed E-state index contributed by atoms with van der Waals surface area (Å²) in [5.74, 6) is 0.588. The normalized spacial score (nSPS) is 10.9. The molecule has 0 unspecified atom stereocenters. The zero-order valence-corrected chi connectivity index (χ0v) is 16.7. The Hall–Kier alpha value is -3.67. The summed E-state index contributed by atoms with van der Waals surface area (Å²) in [5, 5.41) is 5.67. The van der Waals surface area contributed by atoms with E-state index in [0.29, 0.717) is 19.6 Å². The number of carbonyl (C=O) groups excluding carboxylic acids is 1. The largest absolute Gasteiger partial charge is 0.336 e. The summed E-state index contributed by atoms with van der Waals surface area (Å²) in [5.41, 5.74) is 5.03. The number of hydrogen-bond acceptors (Lipinski definition) is 2. The third-order valence-electron chi connectivity index (χ3n) is 4.95. The van der Waals surface area contributed by atoms with Crippen molar-refractivity contribution in [2.45, 2.75) is 20.0 Å². The van der Waals surface area contributed by atoms with Crippen molar-refractivity contribution >= 4 is 17.1 Å². The third-order valence-corrected chi connectivity index (χ3v) is 4.95. The second-order valence-corrected chi connectivity index (χ2v) is 7.18. The predicted octanol–water partition coefficient (Wildman–Crippen LogP) is 4.65. The van der Waals surface area contributed by atoms with Gasteiger partial charge in [-0.15, -0.1) is 0 Å². The zero-order chi connectivity index (χ0) is 20.9. The molecule has 0 saturated carbocycles. The molecular formula is C24H23FN4O. The average Bonchev–Trinajstić information content (AvgIpc) is 3.12. The molecule has 0 spiro atoms. The molecule has 0 atom stereocenters. The van der Waals surface area contributed by atoms with E-state index in [4.69, 9.17) is 4.98 Å². The molecule has 4 rings (SSSR count). The molecule has 5 nitrogen and oxygen atoms in total. The lowest BCUT2D eigenvalue weighted by atomic mass is 10.1. The van der Waals surface area contributed by atoms with Crippen LogP contribution < -0.4 is 10.6 Å². The number of nitrogens with one attached hydrogen (secondary N) is 2. The van der Waals surface area contributed by atoms with Gasteiger partial charge < -0.3 is 15.2 Å². The third kappa shape index (κ3) is 4.49. The van der Waals surface area contributed by atoms with Gasteiger partial charge in [-0.1, -0.05) is 54.1 Å². The maximum atomic E-state index is 13.0. The van der Waals surface area contributed by atoms with Crippen molar-refractivity contribution < 1.29 is 9.18 Å². The number of benzene rings is 3. The van der Waals surface area contributed by atoms with E-state index in [1.165, 1.54) is 17.7 Å². The van der Waals surface area contributed by atoms with Gasteiger partial charge in [-0.2, -0.15) is 0 Å². The smallest absolute Gasteiger partial charge is 0.315 e. The van der Waals surface area contributed by atoms with Crippen molar-refractivity contribution in [2.24, 2.45) is 0 Å². The van der Waals surface area contributed by atoms with Crippen LogP contribution in [0.15, 0.2) is 72.8 Å². The number of halogens is 1. The first-order valence-corrected chi connectivity index (χ1v) is 9.88. The Balaban J connectivity index is 1.43. The van der Waals surface area contributed by atoms with Crippen molar-refractivity contribution in [2.75, 3.05) is 6.54 Å². The number of para-hydroxylation sites is 2. The first-order valence-electron chi connectivity index (χ1n) is 9.88. The molecule has 3 aromatic carbocycles. The van der Waals surface area contributed by atoms with E-state index in [0.717, 1.165) is 28.0 Å². The van der Waals surface area contributed by atoms with Gasteiger partial charge in [0.1, 0.15) is 11.6 Å². The van der Waals surface area contributed by atoms with E-state index in [9.17, 15) is 9.18 Å². The highest BCUT2D eigenvalue weighted by Gasteiger charge is 2.12. The van der Waals surface area contributed by atoms with Gasteiger partial charge in [-0.3, -0.25) is 0 Å². The van der Waals surface area contributed by atoms with Gasteiger partial charge in [-0.05, 0) is 36.8 Å². The summed E-state index contributed by atoms with van der Waals surface area (Å²) in [6, 6.07) is 22.1. The van der Waals surface area contributed by atoms with E-state index in [-0.39, 0.29) is 11.8 Å². The SMILES string of the molecule is Cc1ccc(-c2nc3ccccc3n2CCNC(=O)NCc2ccc(F)cc2)cc1. The highest BCUT2D eigenvalue weighted by atomic mass is 19.1.